The molecule has 0 radical (unpaired) electrons. The quantitative estimate of drug-likeness (QED) is 0.547. The number of amides is 2. The van der Waals surface area contributed by atoms with Crippen LogP contribution in [0.25, 0.3) is 0 Å². The maximum Gasteiger partial charge on any atom is 0.318 e. The van der Waals surface area contributed by atoms with E-state index in [-0.39, 0.29) is 23.5 Å². The first-order valence-corrected chi connectivity index (χ1v) is 12.1. The van der Waals surface area contributed by atoms with Gasteiger partial charge < -0.3 is 19.5 Å². The Morgan fingerprint density at radius 3 is 2.50 bits per heavy atom. The minimum Gasteiger partial charge on any atom is -0.383 e. The topological polar surface area (TPSA) is 93.5 Å². The van der Waals surface area contributed by atoms with Gasteiger partial charge in [0.15, 0.2) is 0 Å². The summed E-state index contributed by atoms with van der Waals surface area (Å²) < 4.78 is 33.2. The van der Waals surface area contributed by atoms with Crippen molar-refractivity contribution in [1.29, 1.82) is 0 Å². The van der Waals surface area contributed by atoms with Crippen LogP contribution in [0.5, 0.6) is 0 Å². The molecule has 0 spiro atoms. The number of benzene rings is 1. The highest BCUT2D eigenvalue weighted by molar-refractivity contribution is 7.90. The Kier molecular flexibility index (Phi) is 8.63. The van der Waals surface area contributed by atoms with Gasteiger partial charge in [0.2, 0.25) is 15.0 Å². The largest absolute Gasteiger partial charge is 0.383 e. The van der Waals surface area contributed by atoms with Gasteiger partial charge in [-0.15, -0.1) is 6.58 Å². The third-order valence-electron chi connectivity index (χ3n) is 4.65. The molecule has 1 N–H and O–H groups in total. The molecule has 0 aliphatic carbocycles. The molecular formula is C23H34N4O4S. The lowest BCUT2D eigenvalue weighted by Crippen LogP contribution is -2.48. The number of nitrogens with one attached hydrogen (secondary N) is 1. The van der Waals surface area contributed by atoms with Crippen molar-refractivity contribution in [2.24, 2.45) is 0 Å². The van der Waals surface area contributed by atoms with Crippen LogP contribution in [-0.2, 0) is 33.4 Å². The molecule has 1 aromatic carbocycles. The number of imidazole rings is 1. The minimum atomic E-state index is -3.71. The first kappa shape index (κ1) is 25.6. The molecular weight excluding hydrogens is 428 g/mol. The fourth-order valence-electron chi connectivity index (χ4n) is 3.13. The lowest BCUT2D eigenvalue weighted by Gasteiger charge is -2.28. The Morgan fingerprint density at radius 2 is 1.94 bits per heavy atom. The van der Waals surface area contributed by atoms with Gasteiger partial charge in [-0.1, -0.05) is 35.9 Å². The number of ether oxygens (including phenoxy) is 1. The van der Waals surface area contributed by atoms with Gasteiger partial charge in [-0.25, -0.2) is 18.2 Å². The van der Waals surface area contributed by atoms with E-state index in [1.54, 1.807) is 34.8 Å². The second-order valence-corrected chi connectivity index (χ2v) is 10.7. The molecule has 2 amide bonds. The Labute approximate surface area is 191 Å². The molecule has 0 unspecified atom stereocenters. The lowest BCUT2D eigenvalue weighted by atomic mass is 10.1. The molecule has 0 saturated heterocycles. The maximum atomic E-state index is 13.2. The molecule has 0 saturated carbocycles. The fraction of sp³-hybridized carbons (Fsp3) is 0.478. The van der Waals surface area contributed by atoms with Crippen molar-refractivity contribution in [2.45, 2.75) is 57.2 Å². The highest BCUT2D eigenvalue weighted by Gasteiger charge is 2.26. The highest BCUT2D eigenvalue weighted by atomic mass is 32.2. The van der Waals surface area contributed by atoms with Crippen molar-refractivity contribution in [3.05, 3.63) is 59.9 Å². The van der Waals surface area contributed by atoms with E-state index < -0.39 is 15.4 Å². The summed E-state index contributed by atoms with van der Waals surface area (Å²) in [5, 5.41) is 2.90. The van der Waals surface area contributed by atoms with Gasteiger partial charge in [0, 0.05) is 25.7 Å². The van der Waals surface area contributed by atoms with E-state index in [0.29, 0.717) is 31.0 Å². The van der Waals surface area contributed by atoms with Crippen LogP contribution in [-0.4, -0.2) is 54.7 Å². The molecule has 176 valence electrons. The molecule has 0 fully saturated rings. The average Bonchev–Trinajstić information content (AvgIpc) is 3.09. The number of nitrogens with zero attached hydrogens (tertiary/aromatic N) is 3. The molecule has 2 rings (SSSR count). The summed E-state index contributed by atoms with van der Waals surface area (Å²) in [6, 6.07) is 7.11. The number of aryl methyl sites for hydroxylation is 1. The molecule has 1 aromatic heterocycles. The van der Waals surface area contributed by atoms with E-state index in [9.17, 15) is 13.2 Å². The van der Waals surface area contributed by atoms with Crippen LogP contribution >= 0.6 is 0 Å². The first-order valence-electron chi connectivity index (χ1n) is 10.5. The molecule has 0 aliphatic heterocycles. The summed E-state index contributed by atoms with van der Waals surface area (Å²) in [7, 11) is -2.15. The summed E-state index contributed by atoms with van der Waals surface area (Å²) in [6.45, 7) is 12.5. The predicted octanol–water partition coefficient (Wildman–Crippen LogP) is 3.31. The van der Waals surface area contributed by atoms with Gasteiger partial charge in [0.1, 0.15) is 0 Å². The smallest absolute Gasteiger partial charge is 0.318 e. The van der Waals surface area contributed by atoms with E-state index >= 15 is 0 Å². The van der Waals surface area contributed by atoms with E-state index in [4.69, 9.17) is 4.74 Å². The summed E-state index contributed by atoms with van der Waals surface area (Å²) >= 11 is 0. The normalized spacial score (nSPS) is 11.9. The van der Waals surface area contributed by atoms with E-state index in [2.05, 4.69) is 16.9 Å². The number of carbonyl (C=O) groups is 1. The van der Waals surface area contributed by atoms with Crippen molar-refractivity contribution in [1.82, 2.24) is 19.8 Å². The predicted molar refractivity (Wildman–Crippen MR) is 125 cm³/mol. The highest BCUT2D eigenvalue weighted by Crippen LogP contribution is 2.19. The second kappa shape index (κ2) is 10.8. The van der Waals surface area contributed by atoms with E-state index in [1.807, 2.05) is 39.8 Å². The van der Waals surface area contributed by atoms with Crippen LogP contribution in [0.4, 0.5) is 4.79 Å². The van der Waals surface area contributed by atoms with Gasteiger partial charge in [0.25, 0.3) is 0 Å². The number of hydrogen-bond donors (Lipinski definition) is 1. The summed E-state index contributed by atoms with van der Waals surface area (Å²) in [6.07, 6.45) is 3.14. The number of hydrogen-bond acceptors (Lipinski definition) is 5. The summed E-state index contributed by atoms with van der Waals surface area (Å²) in [5.74, 6) is -0.155. The maximum absolute atomic E-state index is 13.2. The average molecular weight is 463 g/mol. The monoisotopic (exact) mass is 462 g/mol. The van der Waals surface area contributed by atoms with Gasteiger partial charge in [-0.2, -0.15) is 0 Å². The Balaban J connectivity index is 2.36. The van der Waals surface area contributed by atoms with Gasteiger partial charge >= 0.3 is 6.03 Å². The van der Waals surface area contributed by atoms with Gasteiger partial charge in [-0.3, -0.25) is 0 Å². The van der Waals surface area contributed by atoms with Crippen LogP contribution in [0.15, 0.2) is 48.3 Å². The minimum absolute atomic E-state index is 0.0279. The van der Waals surface area contributed by atoms with Gasteiger partial charge in [0.05, 0.1) is 30.8 Å². The van der Waals surface area contributed by atoms with Crippen LogP contribution in [0.2, 0.25) is 0 Å². The van der Waals surface area contributed by atoms with E-state index in [0.717, 1.165) is 5.56 Å². The zero-order valence-corrected chi connectivity index (χ0v) is 20.4. The Hall–Kier alpha value is -2.65. The van der Waals surface area contributed by atoms with Crippen molar-refractivity contribution in [2.75, 3.05) is 20.3 Å². The SMILES string of the molecule is C=CCN(Cc1cnc(S(=O)(=O)Cc2ccc(C)cc2)n1CCOC)C(=O)NC(C)(C)C. The molecule has 1 heterocycles. The fourth-order valence-corrected chi connectivity index (χ4v) is 4.64. The molecule has 2 aromatic rings. The summed E-state index contributed by atoms with van der Waals surface area (Å²) in [5.41, 5.74) is 1.95. The lowest BCUT2D eigenvalue weighted by molar-refractivity contribution is 0.178. The van der Waals surface area contributed by atoms with Crippen LogP contribution in [0, 0.1) is 6.92 Å². The van der Waals surface area contributed by atoms with Crippen LogP contribution in [0.3, 0.4) is 0 Å². The number of sulfone groups is 1. The summed E-state index contributed by atoms with van der Waals surface area (Å²) in [4.78, 5) is 18.5. The molecule has 0 bridgehead atoms. The van der Waals surface area contributed by atoms with Crippen molar-refractivity contribution in [3.8, 4) is 0 Å². The number of rotatable bonds is 10. The van der Waals surface area contributed by atoms with Crippen molar-refractivity contribution in [3.63, 3.8) is 0 Å². The molecule has 0 atom stereocenters. The number of urea groups is 1. The Morgan fingerprint density at radius 1 is 1.28 bits per heavy atom. The number of methoxy groups -OCH3 is 1. The second-order valence-electron chi connectivity index (χ2n) is 8.77. The third-order valence-corrected chi connectivity index (χ3v) is 6.24. The third kappa shape index (κ3) is 7.20. The zero-order valence-electron chi connectivity index (χ0n) is 19.6. The van der Waals surface area contributed by atoms with Crippen molar-refractivity contribution < 1.29 is 17.9 Å². The molecule has 32 heavy (non-hydrogen) atoms. The van der Waals surface area contributed by atoms with Crippen LogP contribution in [0.1, 0.15) is 37.6 Å². The molecule has 8 nitrogen and oxygen atoms in total. The molecule has 9 heteroatoms. The van der Waals surface area contributed by atoms with Gasteiger partial charge in [-0.05, 0) is 33.3 Å². The number of carbonyl (C=O) groups excluding carboxylic acids is 1. The molecule has 0 aliphatic rings. The standard InChI is InChI=1S/C23H34N4O4S/c1-7-12-26(21(28)25-23(3,4)5)16-20-15-24-22(27(20)13-14-31-6)32(29,30)17-19-10-8-18(2)9-11-19/h7-11,15H,1,12-14,16-17H2,2-6H3,(H,25,28). The Bertz CT molecular complexity index is 1020. The first-order chi connectivity index (χ1) is 15.0. The number of aromatic nitrogens is 2. The zero-order chi connectivity index (χ0) is 23.9. The van der Waals surface area contributed by atoms with E-state index in [1.165, 1.54) is 6.20 Å². The van der Waals surface area contributed by atoms with Crippen molar-refractivity contribution >= 4 is 15.9 Å². The van der Waals surface area contributed by atoms with Crippen LogP contribution < -0.4 is 5.32 Å².